The molecule has 24 heavy (non-hydrogen) atoms. The zero-order valence-electron chi connectivity index (χ0n) is 13.1. The molecule has 0 saturated heterocycles. The smallest absolute Gasteiger partial charge is 0.229 e. The van der Waals surface area contributed by atoms with Gasteiger partial charge in [0, 0.05) is 28.5 Å². The maximum atomic E-state index is 6.14. The van der Waals surface area contributed by atoms with E-state index in [0.717, 1.165) is 27.7 Å². The SMILES string of the molecule is Cc1ccc(Nc2nccc(NCc3ccc(Cl)cc3)n2)cc1Cl. The number of aryl methyl sites for hydroxylation is 1. The number of hydrogen-bond donors (Lipinski definition) is 2. The van der Waals surface area contributed by atoms with Crippen LogP contribution in [0.4, 0.5) is 17.5 Å². The van der Waals surface area contributed by atoms with Gasteiger partial charge in [-0.25, -0.2) is 4.98 Å². The van der Waals surface area contributed by atoms with Gasteiger partial charge in [-0.05, 0) is 48.4 Å². The minimum atomic E-state index is 0.510. The van der Waals surface area contributed by atoms with Crippen molar-refractivity contribution in [2.75, 3.05) is 10.6 Å². The van der Waals surface area contributed by atoms with Gasteiger partial charge in [-0.2, -0.15) is 4.98 Å². The van der Waals surface area contributed by atoms with Gasteiger partial charge in [0.05, 0.1) is 0 Å². The molecule has 0 aliphatic rings. The first-order valence-corrected chi connectivity index (χ1v) is 8.20. The van der Waals surface area contributed by atoms with E-state index in [4.69, 9.17) is 23.2 Å². The molecule has 0 aliphatic carbocycles. The van der Waals surface area contributed by atoms with Crippen LogP contribution in [-0.2, 0) is 6.54 Å². The van der Waals surface area contributed by atoms with E-state index in [1.807, 2.05) is 55.5 Å². The van der Waals surface area contributed by atoms with Crippen molar-refractivity contribution >= 4 is 40.7 Å². The van der Waals surface area contributed by atoms with Crippen molar-refractivity contribution in [2.24, 2.45) is 0 Å². The summed E-state index contributed by atoms with van der Waals surface area (Å²) in [6.07, 6.45) is 1.70. The monoisotopic (exact) mass is 358 g/mol. The third-order valence-electron chi connectivity index (χ3n) is 3.47. The normalized spacial score (nSPS) is 10.5. The summed E-state index contributed by atoms with van der Waals surface area (Å²) in [4.78, 5) is 8.68. The summed E-state index contributed by atoms with van der Waals surface area (Å²) in [6, 6.07) is 15.3. The van der Waals surface area contributed by atoms with Gasteiger partial charge in [0.15, 0.2) is 0 Å². The van der Waals surface area contributed by atoms with Crippen LogP contribution in [0, 0.1) is 6.92 Å². The van der Waals surface area contributed by atoms with Crippen LogP contribution in [0.15, 0.2) is 54.7 Å². The lowest BCUT2D eigenvalue weighted by atomic mass is 10.2. The number of nitrogens with zero attached hydrogens (tertiary/aromatic N) is 2. The van der Waals surface area contributed by atoms with Crippen molar-refractivity contribution in [2.45, 2.75) is 13.5 Å². The number of anilines is 3. The van der Waals surface area contributed by atoms with Crippen molar-refractivity contribution < 1.29 is 0 Å². The molecule has 1 aromatic heterocycles. The highest BCUT2D eigenvalue weighted by Gasteiger charge is 2.02. The van der Waals surface area contributed by atoms with Gasteiger partial charge in [-0.15, -0.1) is 0 Å². The molecule has 3 aromatic rings. The molecule has 0 atom stereocenters. The van der Waals surface area contributed by atoms with E-state index in [9.17, 15) is 0 Å². The Bertz CT molecular complexity index is 835. The highest BCUT2D eigenvalue weighted by molar-refractivity contribution is 6.31. The average Bonchev–Trinajstić information content (AvgIpc) is 2.58. The highest BCUT2D eigenvalue weighted by atomic mass is 35.5. The zero-order chi connectivity index (χ0) is 16.9. The molecule has 6 heteroatoms. The van der Waals surface area contributed by atoms with Crippen LogP contribution in [0.25, 0.3) is 0 Å². The molecular weight excluding hydrogens is 343 g/mol. The fraction of sp³-hybridized carbons (Fsp3) is 0.111. The molecule has 0 amide bonds. The Labute approximate surface area is 150 Å². The Kier molecular flexibility index (Phi) is 5.18. The van der Waals surface area contributed by atoms with E-state index in [2.05, 4.69) is 20.6 Å². The average molecular weight is 359 g/mol. The largest absolute Gasteiger partial charge is 0.366 e. The molecule has 0 saturated carbocycles. The second-order valence-corrected chi connectivity index (χ2v) is 6.18. The number of aromatic nitrogens is 2. The summed E-state index contributed by atoms with van der Waals surface area (Å²) in [5, 5.41) is 7.85. The molecule has 4 nitrogen and oxygen atoms in total. The molecule has 0 spiro atoms. The summed E-state index contributed by atoms with van der Waals surface area (Å²) >= 11 is 12.0. The van der Waals surface area contributed by atoms with E-state index in [1.165, 1.54) is 0 Å². The topological polar surface area (TPSA) is 49.8 Å². The Morgan fingerprint density at radius 2 is 1.79 bits per heavy atom. The van der Waals surface area contributed by atoms with Crippen molar-refractivity contribution in [3.05, 3.63) is 75.9 Å². The molecule has 0 fully saturated rings. The predicted molar refractivity (Wildman–Crippen MR) is 100 cm³/mol. The molecule has 0 unspecified atom stereocenters. The van der Waals surface area contributed by atoms with Gasteiger partial charge in [0.2, 0.25) is 5.95 Å². The number of halogens is 2. The van der Waals surface area contributed by atoms with Crippen LogP contribution in [0.1, 0.15) is 11.1 Å². The third kappa shape index (κ3) is 4.37. The number of nitrogens with one attached hydrogen (secondary N) is 2. The van der Waals surface area contributed by atoms with E-state index < -0.39 is 0 Å². The van der Waals surface area contributed by atoms with Crippen LogP contribution < -0.4 is 10.6 Å². The van der Waals surface area contributed by atoms with Gasteiger partial charge in [0.25, 0.3) is 0 Å². The lowest BCUT2D eigenvalue weighted by molar-refractivity contribution is 1.08. The Balaban J connectivity index is 1.67. The van der Waals surface area contributed by atoms with E-state index >= 15 is 0 Å². The predicted octanol–water partition coefficient (Wildman–Crippen LogP) is 5.45. The maximum absolute atomic E-state index is 6.14. The van der Waals surface area contributed by atoms with E-state index in [-0.39, 0.29) is 0 Å². The van der Waals surface area contributed by atoms with E-state index in [0.29, 0.717) is 17.5 Å². The third-order valence-corrected chi connectivity index (χ3v) is 4.13. The van der Waals surface area contributed by atoms with Crippen LogP contribution in [0.2, 0.25) is 10.0 Å². The van der Waals surface area contributed by atoms with Gasteiger partial charge in [-0.3, -0.25) is 0 Å². The summed E-state index contributed by atoms with van der Waals surface area (Å²) in [6.45, 7) is 2.62. The standard InChI is InChI=1S/C18H16Cl2N4/c1-12-2-7-15(10-16(12)20)23-18-21-9-8-17(24-18)22-11-13-3-5-14(19)6-4-13/h2-10H,11H2,1H3,(H2,21,22,23,24). The van der Waals surface area contributed by atoms with Crippen molar-refractivity contribution in [1.82, 2.24) is 9.97 Å². The molecule has 122 valence electrons. The molecule has 3 rings (SSSR count). The molecule has 0 aliphatic heterocycles. The molecule has 0 bridgehead atoms. The quantitative estimate of drug-likeness (QED) is 0.636. The number of benzene rings is 2. The molecular formula is C18H16Cl2N4. The van der Waals surface area contributed by atoms with Gasteiger partial charge in [-0.1, -0.05) is 41.4 Å². The lowest BCUT2D eigenvalue weighted by Crippen LogP contribution is -2.04. The molecule has 2 N–H and O–H groups in total. The summed E-state index contributed by atoms with van der Waals surface area (Å²) in [7, 11) is 0. The van der Waals surface area contributed by atoms with Crippen LogP contribution in [-0.4, -0.2) is 9.97 Å². The van der Waals surface area contributed by atoms with Crippen molar-refractivity contribution in [3.8, 4) is 0 Å². The van der Waals surface area contributed by atoms with Crippen LogP contribution >= 0.6 is 23.2 Å². The fourth-order valence-corrected chi connectivity index (χ4v) is 2.42. The second-order valence-electron chi connectivity index (χ2n) is 5.33. The maximum Gasteiger partial charge on any atom is 0.229 e. The molecule has 0 radical (unpaired) electrons. The minimum Gasteiger partial charge on any atom is -0.366 e. The fourth-order valence-electron chi connectivity index (χ4n) is 2.11. The van der Waals surface area contributed by atoms with Gasteiger partial charge < -0.3 is 10.6 Å². The van der Waals surface area contributed by atoms with Crippen molar-refractivity contribution in [3.63, 3.8) is 0 Å². The lowest BCUT2D eigenvalue weighted by Gasteiger charge is -2.09. The molecule has 2 aromatic carbocycles. The van der Waals surface area contributed by atoms with Crippen LogP contribution in [0.3, 0.4) is 0 Å². The first kappa shape index (κ1) is 16.6. The molecule has 1 heterocycles. The summed E-state index contributed by atoms with van der Waals surface area (Å²) in [5.41, 5.74) is 3.00. The van der Waals surface area contributed by atoms with Gasteiger partial charge in [0.1, 0.15) is 5.82 Å². The van der Waals surface area contributed by atoms with Gasteiger partial charge >= 0.3 is 0 Å². The van der Waals surface area contributed by atoms with Crippen LogP contribution in [0.5, 0.6) is 0 Å². The zero-order valence-corrected chi connectivity index (χ0v) is 14.6. The number of rotatable bonds is 5. The van der Waals surface area contributed by atoms with Crippen molar-refractivity contribution in [1.29, 1.82) is 0 Å². The minimum absolute atomic E-state index is 0.510. The Hall–Kier alpha value is -2.30. The first-order valence-electron chi connectivity index (χ1n) is 7.45. The first-order chi connectivity index (χ1) is 11.6. The summed E-state index contributed by atoms with van der Waals surface area (Å²) < 4.78 is 0. The number of hydrogen-bond acceptors (Lipinski definition) is 4. The summed E-state index contributed by atoms with van der Waals surface area (Å²) in [5.74, 6) is 1.25. The van der Waals surface area contributed by atoms with E-state index in [1.54, 1.807) is 6.20 Å². The Morgan fingerprint density at radius 3 is 2.54 bits per heavy atom. The Morgan fingerprint density at radius 1 is 1.00 bits per heavy atom. The highest BCUT2D eigenvalue weighted by Crippen LogP contribution is 2.22. The second kappa shape index (κ2) is 7.51.